The fourth-order valence-corrected chi connectivity index (χ4v) is 7.05. The average Bonchev–Trinajstić information content (AvgIpc) is 3.49. The molecule has 0 aromatic heterocycles. The van der Waals surface area contributed by atoms with Crippen molar-refractivity contribution in [1.29, 1.82) is 0 Å². The van der Waals surface area contributed by atoms with Crippen LogP contribution in [-0.2, 0) is 23.9 Å². The van der Waals surface area contributed by atoms with Crippen molar-refractivity contribution in [3.05, 3.63) is 125 Å². The van der Waals surface area contributed by atoms with Gasteiger partial charge >= 0.3 is 0 Å². The Morgan fingerprint density at radius 3 is 2.17 bits per heavy atom. The van der Waals surface area contributed by atoms with Gasteiger partial charge in [0.1, 0.15) is 24.1 Å². The molecule has 14 heteroatoms. The van der Waals surface area contributed by atoms with Gasteiger partial charge in [-0.05, 0) is 77.1 Å². The molecule has 1 saturated heterocycles. The normalized spacial score (nSPS) is 15.5. The molecule has 58 heavy (non-hydrogen) atoms. The summed E-state index contributed by atoms with van der Waals surface area (Å²) < 4.78 is 17.1. The van der Waals surface area contributed by atoms with Crippen molar-refractivity contribution in [3.63, 3.8) is 0 Å². The van der Waals surface area contributed by atoms with E-state index >= 15 is 0 Å². The molecule has 2 heterocycles. The zero-order chi connectivity index (χ0) is 40.9. The maximum absolute atomic E-state index is 13.2. The van der Waals surface area contributed by atoms with E-state index in [0.29, 0.717) is 36.8 Å². The number of halogens is 1. The maximum Gasteiger partial charge on any atom is 0.264 e. The van der Waals surface area contributed by atoms with E-state index in [1.807, 2.05) is 54.6 Å². The number of allylic oxidation sites excluding steroid dienone is 1. The minimum absolute atomic E-state index is 0.0498. The fourth-order valence-electron chi connectivity index (χ4n) is 6.86. The minimum atomic E-state index is -1.03. The predicted molar refractivity (Wildman–Crippen MR) is 219 cm³/mol. The summed E-state index contributed by atoms with van der Waals surface area (Å²) in [6.07, 6.45) is 0.967. The molecule has 1 fully saturated rings. The highest BCUT2D eigenvalue weighted by Gasteiger charge is 2.45. The second-order valence-electron chi connectivity index (χ2n) is 13.5. The third kappa shape index (κ3) is 10.5. The van der Waals surface area contributed by atoms with Crippen molar-refractivity contribution in [2.45, 2.75) is 31.7 Å². The quantitative estimate of drug-likeness (QED) is 0.0392. The highest BCUT2D eigenvalue weighted by Crippen LogP contribution is 2.36. The van der Waals surface area contributed by atoms with Gasteiger partial charge in [0, 0.05) is 31.0 Å². The lowest BCUT2D eigenvalue weighted by molar-refractivity contribution is -0.136. The Hall–Kier alpha value is -6.02. The number of piperidine rings is 1. The summed E-state index contributed by atoms with van der Waals surface area (Å²) in [6, 6.07) is 28.8. The highest BCUT2D eigenvalue weighted by molar-refractivity contribution is 6.25. The van der Waals surface area contributed by atoms with Gasteiger partial charge in [0.25, 0.3) is 11.8 Å². The third-order valence-electron chi connectivity index (χ3n) is 9.64. The van der Waals surface area contributed by atoms with Crippen LogP contribution in [-0.4, -0.2) is 97.6 Å². The van der Waals surface area contributed by atoms with Gasteiger partial charge < -0.3 is 30.0 Å². The van der Waals surface area contributed by atoms with Crippen LogP contribution in [0.2, 0.25) is 0 Å². The topological polar surface area (TPSA) is 173 Å². The van der Waals surface area contributed by atoms with Crippen LogP contribution < -0.4 is 20.7 Å². The number of carbonyl (C=O) groups is 5. The summed E-state index contributed by atoms with van der Waals surface area (Å²) in [7, 11) is 0. The zero-order valence-corrected chi connectivity index (χ0v) is 32.6. The largest absolute Gasteiger partial charge is 0.508 e. The highest BCUT2D eigenvalue weighted by atomic mass is 35.5. The van der Waals surface area contributed by atoms with E-state index in [2.05, 4.69) is 28.1 Å². The van der Waals surface area contributed by atoms with E-state index in [-0.39, 0.29) is 75.1 Å². The van der Waals surface area contributed by atoms with Gasteiger partial charge in [-0.2, -0.15) is 0 Å². The molecule has 0 spiro atoms. The molecule has 6 rings (SSSR count). The summed E-state index contributed by atoms with van der Waals surface area (Å²) in [4.78, 5) is 63.4. The number of phenols is 1. The number of carbonyl (C=O) groups excluding carboxylic acids is 5. The number of rotatable bonds is 20. The molecular formula is C44H45ClN4O9. The number of anilines is 1. The number of amides is 5. The van der Waals surface area contributed by atoms with Gasteiger partial charge in [0.05, 0.1) is 44.1 Å². The Morgan fingerprint density at radius 1 is 0.759 bits per heavy atom. The molecule has 5 amide bonds. The summed E-state index contributed by atoms with van der Waals surface area (Å²) in [5.41, 5.74) is 5.95. The number of hydrogen-bond acceptors (Lipinski definition) is 10. The summed E-state index contributed by atoms with van der Waals surface area (Å²) in [6.45, 7) is 2.02. The van der Waals surface area contributed by atoms with Crippen LogP contribution in [0.3, 0.4) is 0 Å². The number of aromatic hydroxyl groups is 1. The molecule has 1 atom stereocenters. The molecule has 0 aliphatic carbocycles. The Labute approximate surface area is 341 Å². The van der Waals surface area contributed by atoms with Gasteiger partial charge in [0.2, 0.25) is 17.7 Å². The van der Waals surface area contributed by atoms with Crippen molar-refractivity contribution in [3.8, 4) is 11.5 Å². The number of ether oxygens (including phenoxy) is 3. The van der Waals surface area contributed by atoms with Crippen LogP contribution >= 0.6 is 11.6 Å². The Kier molecular flexibility index (Phi) is 14.6. The van der Waals surface area contributed by atoms with E-state index < -0.39 is 29.7 Å². The van der Waals surface area contributed by atoms with E-state index in [1.165, 1.54) is 6.07 Å². The van der Waals surface area contributed by atoms with Crippen LogP contribution in [0.1, 0.15) is 63.1 Å². The summed E-state index contributed by atoms with van der Waals surface area (Å²) in [5, 5.41) is 18.1. The van der Waals surface area contributed by atoms with Crippen molar-refractivity contribution >= 4 is 58.0 Å². The van der Waals surface area contributed by atoms with Crippen molar-refractivity contribution in [1.82, 2.24) is 15.5 Å². The lowest BCUT2D eigenvalue weighted by Crippen LogP contribution is -2.54. The second kappa shape index (κ2) is 20.4. The third-order valence-corrected chi connectivity index (χ3v) is 9.82. The average molecular weight is 809 g/mol. The van der Waals surface area contributed by atoms with Gasteiger partial charge in [-0.1, -0.05) is 60.7 Å². The monoisotopic (exact) mass is 808 g/mol. The summed E-state index contributed by atoms with van der Waals surface area (Å²) >= 11 is 6.26. The molecule has 302 valence electrons. The molecule has 13 nitrogen and oxygen atoms in total. The lowest BCUT2D eigenvalue weighted by Gasteiger charge is -2.27. The zero-order valence-electron chi connectivity index (χ0n) is 31.8. The first-order chi connectivity index (χ1) is 28.2. The number of nitrogens with one attached hydrogen (secondary N) is 3. The minimum Gasteiger partial charge on any atom is -0.508 e. The molecule has 1 unspecified atom stereocenters. The molecule has 0 radical (unpaired) electrons. The number of alkyl halides is 1. The molecular weight excluding hydrogens is 764 g/mol. The first-order valence-electron chi connectivity index (χ1n) is 19.1. The van der Waals surface area contributed by atoms with Crippen LogP contribution in [0.5, 0.6) is 11.5 Å². The second-order valence-corrected chi connectivity index (χ2v) is 13.9. The van der Waals surface area contributed by atoms with Crippen molar-refractivity contribution in [2.24, 2.45) is 0 Å². The number of nitrogens with zero attached hydrogens (tertiary/aromatic N) is 1. The molecule has 2 aliphatic rings. The molecule has 4 aromatic rings. The predicted octanol–water partition coefficient (Wildman–Crippen LogP) is 5.41. The number of phenolic OH excluding ortho intramolecular Hbond substituents is 1. The lowest BCUT2D eigenvalue weighted by atomic mass is 9.88. The Balaban J connectivity index is 0.869. The van der Waals surface area contributed by atoms with E-state index in [9.17, 15) is 29.1 Å². The van der Waals surface area contributed by atoms with Crippen LogP contribution in [0.15, 0.2) is 97.1 Å². The Morgan fingerprint density at radius 2 is 1.47 bits per heavy atom. The smallest absolute Gasteiger partial charge is 0.264 e. The Bertz CT molecular complexity index is 2130. The van der Waals surface area contributed by atoms with E-state index in [4.69, 9.17) is 25.8 Å². The van der Waals surface area contributed by atoms with Gasteiger partial charge in [0.15, 0.2) is 0 Å². The molecule has 4 N–H and O–H groups in total. The fraction of sp³-hybridized carbons (Fsp3) is 0.295. The van der Waals surface area contributed by atoms with Crippen molar-refractivity contribution in [2.75, 3.05) is 57.3 Å². The SMILES string of the molecule is O=C(CCOCCOCCNc1cccc2c1C(=O)N(C1CCC(=O)NC1=O)C2=O)NCCOc1ccc(C(=C(CCCl)c2ccccc2)c2ccc(O)cc2)cc1. The van der Waals surface area contributed by atoms with E-state index in [1.54, 1.807) is 24.3 Å². The molecule has 2 aliphatic heterocycles. The van der Waals surface area contributed by atoms with Gasteiger partial charge in [-0.3, -0.25) is 34.2 Å². The van der Waals surface area contributed by atoms with Crippen LogP contribution in [0, 0.1) is 0 Å². The standard InChI is InChI=1S/C44H45ClN4O9/c45-21-19-34(29-5-2-1-3-6-29)40(30-9-13-32(50)14-10-30)31-11-15-33(16-12-31)58-26-23-47-38(51)20-24-56-27-28-57-25-22-46-36-8-4-7-35-41(36)44(55)49(43(35)54)37-17-18-39(52)48-42(37)53/h1-16,37,46,50H,17-28H2,(H,47,51)(H,48,52,53). The molecule has 4 aromatic carbocycles. The maximum atomic E-state index is 13.2. The number of benzene rings is 4. The summed E-state index contributed by atoms with van der Waals surface area (Å²) in [5.74, 6) is -1.10. The van der Waals surface area contributed by atoms with Crippen LogP contribution in [0.4, 0.5) is 5.69 Å². The van der Waals surface area contributed by atoms with Gasteiger partial charge in [-0.25, -0.2) is 0 Å². The number of imide groups is 2. The van der Waals surface area contributed by atoms with Crippen molar-refractivity contribution < 1.29 is 43.3 Å². The molecule has 0 saturated carbocycles. The van der Waals surface area contributed by atoms with Crippen LogP contribution in [0.25, 0.3) is 11.1 Å². The number of hydrogen-bond donors (Lipinski definition) is 4. The number of fused-ring (bicyclic) bond motifs is 1. The van der Waals surface area contributed by atoms with E-state index in [0.717, 1.165) is 32.7 Å². The first-order valence-corrected chi connectivity index (χ1v) is 19.7. The molecule has 0 bridgehead atoms. The van der Waals surface area contributed by atoms with Gasteiger partial charge in [-0.15, -0.1) is 11.6 Å². The first kappa shape index (κ1) is 41.6.